The highest BCUT2D eigenvalue weighted by Crippen LogP contribution is 2.37. The van der Waals surface area contributed by atoms with Gasteiger partial charge in [-0.15, -0.1) is 0 Å². The van der Waals surface area contributed by atoms with E-state index < -0.39 is 16.1 Å². The van der Waals surface area contributed by atoms with Gasteiger partial charge in [-0.3, -0.25) is 4.79 Å². The second-order valence-electron chi connectivity index (χ2n) is 7.13. The lowest BCUT2D eigenvalue weighted by Gasteiger charge is -2.30. The van der Waals surface area contributed by atoms with Crippen LogP contribution in [0.4, 0.5) is 5.69 Å². The first-order valence-corrected chi connectivity index (χ1v) is 10.7. The van der Waals surface area contributed by atoms with Gasteiger partial charge in [-0.05, 0) is 50.9 Å². The predicted octanol–water partition coefficient (Wildman–Crippen LogP) is 1.67. The molecule has 1 aromatic rings. The topological polar surface area (TPSA) is 60.9 Å². The highest BCUT2D eigenvalue weighted by atomic mass is 32.2. The van der Waals surface area contributed by atoms with Crippen LogP contribution < -0.4 is 4.90 Å². The minimum Gasteiger partial charge on any atom is -0.308 e. The van der Waals surface area contributed by atoms with E-state index in [0.717, 1.165) is 26.1 Å². The Kier molecular flexibility index (Phi) is 4.56. The smallest absolute Gasteiger partial charge is 0.245 e. The summed E-state index contributed by atoms with van der Waals surface area (Å²) >= 11 is 0. The summed E-state index contributed by atoms with van der Waals surface area (Å²) in [7, 11) is -3.61. The zero-order valence-corrected chi connectivity index (χ0v) is 15.2. The minimum atomic E-state index is -3.61. The number of piperidine rings is 1. The molecule has 0 aliphatic carbocycles. The molecule has 1 atom stereocenters. The molecule has 3 aliphatic heterocycles. The van der Waals surface area contributed by atoms with Crippen molar-refractivity contribution in [1.82, 2.24) is 9.21 Å². The van der Waals surface area contributed by atoms with Crippen LogP contribution >= 0.6 is 0 Å². The van der Waals surface area contributed by atoms with Crippen molar-refractivity contribution in [1.29, 1.82) is 0 Å². The van der Waals surface area contributed by atoms with Crippen LogP contribution in [0.1, 0.15) is 32.1 Å². The Bertz CT molecular complexity index is 759. The minimum absolute atomic E-state index is 0.0666. The fourth-order valence-corrected chi connectivity index (χ4v) is 6.10. The van der Waals surface area contributed by atoms with Crippen LogP contribution in [0.3, 0.4) is 0 Å². The molecule has 0 spiro atoms. The fourth-order valence-electron chi connectivity index (χ4n) is 4.25. The number of benzene rings is 1. The van der Waals surface area contributed by atoms with Crippen LogP contribution in [0.25, 0.3) is 0 Å². The molecule has 1 amide bonds. The Morgan fingerprint density at radius 2 is 1.72 bits per heavy atom. The summed E-state index contributed by atoms with van der Waals surface area (Å²) < 4.78 is 27.5. The summed E-state index contributed by atoms with van der Waals surface area (Å²) in [5, 5.41) is 0. The number of hydrogen-bond donors (Lipinski definition) is 0. The van der Waals surface area contributed by atoms with Crippen LogP contribution in [0, 0.1) is 0 Å². The molecule has 4 rings (SSSR count). The predicted molar refractivity (Wildman–Crippen MR) is 96.0 cm³/mol. The van der Waals surface area contributed by atoms with Gasteiger partial charge >= 0.3 is 0 Å². The molecular formula is C18H25N3O3S. The molecule has 6 nitrogen and oxygen atoms in total. The Morgan fingerprint density at radius 1 is 0.960 bits per heavy atom. The third-order valence-electron chi connectivity index (χ3n) is 5.59. The molecule has 0 unspecified atom stereocenters. The van der Waals surface area contributed by atoms with E-state index in [4.69, 9.17) is 0 Å². The van der Waals surface area contributed by atoms with E-state index in [2.05, 4.69) is 4.90 Å². The molecule has 0 aromatic heterocycles. The molecule has 0 radical (unpaired) electrons. The van der Waals surface area contributed by atoms with Crippen molar-refractivity contribution in [3.05, 3.63) is 24.3 Å². The van der Waals surface area contributed by atoms with Crippen molar-refractivity contribution < 1.29 is 13.2 Å². The number of carbonyl (C=O) groups excluding carboxylic acids is 1. The van der Waals surface area contributed by atoms with Crippen molar-refractivity contribution in [3.8, 4) is 0 Å². The molecule has 2 saturated heterocycles. The number of carbonyl (C=O) groups is 1. The molecule has 2 fully saturated rings. The van der Waals surface area contributed by atoms with E-state index in [1.165, 1.54) is 23.6 Å². The Hall–Kier alpha value is -1.44. The van der Waals surface area contributed by atoms with E-state index in [-0.39, 0.29) is 10.8 Å². The monoisotopic (exact) mass is 363 g/mol. The number of amides is 1. The molecule has 0 bridgehead atoms. The van der Waals surface area contributed by atoms with Gasteiger partial charge in [0, 0.05) is 19.6 Å². The van der Waals surface area contributed by atoms with Crippen LogP contribution in [-0.2, 0) is 14.8 Å². The van der Waals surface area contributed by atoms with Gasteiger partial charge in [-0.1, -0.05) is 18.6 Å². The number of nitrogens with zero attached hydrogens (tertiary/aromatic N) is 3. The lowest BCUT2D eigenvalue weighted by Crippen LogP contribution is -2.47. The van der Waals surface area contributed by atoms with Crippen molar-refractivity contribution in [2.45, 2.75) is 43.0 Å². The molecular weight excluding hydrogens is 338 g/mol. The first-order valence-electron chi connectivity index (χ1n) is 9.23. The third-order valence-corrected chi connectivity index (χ3v) is 7.54. The van der Waals surface area contributed by atoms with Gasteiger partial charge in [0.25, 0.3) is 0 Å². The van der Waals surface area contributed by atoms with Crippen molar-refractivity contribution >= 4 is 21.6 Å². The lowest BCUT2D eigenvalue weighted by atomic mass is 10.1. The summed E-state index contributed by atoms with van der Waals surface area (Å²) in [6.45, 7) is 3.92. The van der Waals surface area contributed by atoms with E-state index in [1.54, 1.807) is 23.1 Å². The van der Waals surface area contributed by atoms with Gasteiger partial charge in [0.15, 0.2) is 0 Å². The van der Waals surface area contributed by atoms with E-state index in [1.807, 2.05) is 6.07 Å². The van der Waals surface area contributed by atoms with Crippen molar-refractivity contribution in [2.24, 2.45) is 0 Å². The number of likely N-dealkylation sites (tertiary alicyclic amines) is 1. The average Bonchev–Trinajstić information content (AvgIpc) is 3.11. The summed E-state index contributed by atoms with van der Waals surface area (Å²) in [5.41, 5.74) is 0.541. The summed E-state index contributed by atoms with van der Waals surface area (Å²) in [5.74, 6) is -0.0666. The highest BCUT2D eigenvalue weighted by molar-refractivity contribution is 7.89. The zero-order valence-electron chi connectivity index (χ0n) is 14.4. The Morgan fingerprint density at radius 3 is 2.52 bits per heavy atom. The van der Waals surface area contributed by atoms with Crippen LogP contribution in [0.2, 0.25) is 0 Å². The summed E-state index contributed by atoms with van der Waals surface area (Å²) in [4.78, 5) is 17.5. The van der Waals surface area contributed by atoms with Gasteiger partial charge in [0.05, 0.1) is 5.69 Å². The number of sulfonamides is 1. The number of para-hydroxylation sites is 1. The highest BCUT2D eigenvalue weighted by Gasteiger charge is 2.45. The lowest BCUT2D eigenvalue weighted by molar-refractivity contribution is -0.121. The molecule has 25 heavy (non-hydrogen) atoms. The van der Waals surface area contributed by atoms with Crippen LogP contribution in [0.15, 0.2) is 29.2 Å². The standard InChI is InChI=1S/C18H25N3O3S/c22-18-16-8-6-12-21(16)25(23,24)17-9-3-2-7-15(17)20(18)14-13-19-10-4-1-5-11-19/h2-3,7,9,16H,1,4-6,8,10-14H2/t16-/m1/s1. The largest absolute Gasteiger partial charge is 0.308 e. The second kappa shape index (κ2) is 6.70. The van der Waals surface area contributed by atoms with Gasteiger partial charge < -0.3 is 9.80 Å². The van der Waals surface area contributed by atoms with Gasteiger partial charge in [-0.25, -0.2) is 8.42 Å². The number of hydrogen-bond acceptors (Lipinski definition) is 4. The molecule has 136 valence electrons. The third kappa shape index (κ3) is 2.98. The quantitative estimate of drug-likeness (QED) is 0.820. The molecule has 7 heteroatoms. The summed E-state index contributed by atoms with van der Waals surface area (Å²) in [6.07, 6.45) is 5.05. The maximum absolute atomic E-state index is 13.2. The van der Waals surface area contributed by atoms with E-state index in [9.17, 15) is 13.2 Å². The van der Waals surface area contributed by atoms with E-state index >= 15 is 0 Å². The fraction of sp³-hybridized carbons (Fsp3) is 0.611. The van der Waals surface area contributed by atoms with Gasteiger partial charge in [-0.2, -0.15) is 4.31 Å². The first-order chi connectivity index (χ1) is 12.1. The maximum atomic E-state index is 13.2. The van der Waals surface area contributed by atoms with Crippen LogP contribution in [0.5, 0.6) is 0 Å². The van der Waals surface area contributed by atoms with Crippen molar-refractivity contribution in [2.75, 3.05) is 37.6 Å². The molecule has 3 heterocycles. The number of anilines is 1. The van der Waals surface area contributed by atoms with Crippen molar-refractivity contribution in [3.63, 3.8) is 0 Å². The SMILES string of the molecule is O=C1[C@H]2CCCN2S(=O)(=O)c2ccccc2N1CCN1CCCCC1. The number of rotatable bonds is 3. The molecule has 1 aromatic carbocycles. The Balaban J connectivity index is 1.68. The maximum Gasteiger partial charge on any atom is 0.245 e. The Labute approximate surface area is 149 Å². The second-order valence-corrected chi connectivity index (χ2v) is 8.99. The molecule has 0 saturated carbocycles. The first kappa shape index (κ1) is 17.0. The number of fused-ring (bicyclic) bond motifs is 2. The molecule has 3 aliphatic rings. The average molecular weight is 363 g/mol. The summed E-state index contributed by atoms with van der Waals surface area (Å²) in [6, 6.07) is 6.40. The van der Waals surface area contributed by atoms with Crippen LogP contribution in [-0.4, -0.2) is 62.3 Å². The normalized spacial score (nSPS) is 27.0. The van der Waals surface area contributed by atoms with E-state index in [0.29, 0.717) is 25.2 Å². The zero-order chi connectivity index (χ0) is 17.4. The molecule has 0 N–H and O–H groups in total. The van der Waals surface area contributed by atoms with Gasteiger partial charge in [0.2, 0.25) is 15.9 Å². The van der Waals surface area contributed by atoms with Gasteiger partial charge in [0.1, 0.15) is 10.9 Å².